The monoisotopic (exact) mass is 297 g/mol. The second kappa shape index (κ2) is 5.87. The number of halogens is 1. The maximum Gasteiger partial charge on any atom is 0.133 e. The Morgan fingerprint density at radius 1 is 1.47 bits per heavy atom. The van der Waals surface area contributed by atoms with Crippen molar-refractivity contribution >= 4 is 15.9 Å². The van der Waals surface area contributed by atoms with Gasteiger partial charge in [-0.1, -0.05) is 13.0 Å². The van der Waals surface area contributed by atoms with Crippen LogP contribution in [-0.4, -0.2) is 12.6 Å². The maximum atomic E-state index is 5.95. The Bertz CT molecular complexity index is 376. The van der Waals surface area contributed by atoms with Crippen molar-refractivity contribution in [1.29, 1.82) is 0 Å². The van der Waals surface area contributed by atoms with Crippen molar-refractivity contribution in [2.75, 3.05) is 6.61 Å². The molecule has 17 heavy (non-hydrogen) atoms. The fraction of sp³-hybridized carbons (Fsp3) is 0.571. The van der Waals surface area contributed by atoms with E-state index in [4.69, 9.17) is 10.5 Å². The van der Waals surface area contributed by atoms with E-state index >= 15 is 0 Å². The lowest BCUT2D eigenvalue weighted by molar-refractivity contribution is 0.298. The van der Waals surface area contributed by atoms with Gasteiger partial charge >= 0.3 is 0 Å². The molecule has 1 aliphatic rings. The van der Waals surface area contributed by atoms with E-state index in [1.54, 1.807) is 0 Å². The third kappa shape index (κ3) is 4.00. The van der Waals surface area contributed by atoms with Crippen LogP contribution in [0.5, 0.6) is 5.75 Å². The summed E-state index contributed by atoms with van der Waals surface area (Å²) in [6.45, 7) is 2.97. The van der Waals surface area contributed by atoms with Crippen molar-refractivity contribution in [2.45, 2.75) is 38.6 Å². The van der Waals surface area contributed by atoms with Gasteiger partial charge in [0.15, 0.2) is 0 Å². The first-order valence-electron chi connectivity index (χ1n) is 6.36. The molecule has 1 unspecified atom stereocenters. The summed E-state index contributed by atoms with van der Waals surface area (Å²) < 4.78 is 6.81. The van der Waals surface area contributed by atoms with E-state index in [0.717, 1.165) is 35.6 Å². The highest BCUT2D eigenvalue weighted by atomic mass is 79.9. The molecule has 1 aromatic carbocycles. The minimum atomic E-state index is 0.250. The highest BCUT2D eigenvalue weighted by Gasteiger charge is 2.22. The Balaban J connectivity index is 1.94. The van der Waals surface area contributed by atoms with Crippen LogP contribution in [0.4, 0.5) is 0 Å². The van der Waals surface area contributed by atoms with Crippen LogP contribution in [0.3, 0.4) is 0 Å². The number of ether oxygens (including phenoxy) is 1. The highest BCUT2D eigenvalue weighted by molar-refractivity contribution is 9.10. The van der Waals surface area contributed by atoms with Gasteiger partial charge in [0.25, 0.3) is 0 Å². The van der Waals surface area contributed by atoms with Gasteiger partial charge in [-0.2, -0.15) is 0 Å². The molecule has 1 atom stereocenters. The SMILES string of the molecule is CCC(N)Cc1ccc(OCC2CC2)c(Br)c1. The number of nitrogens with two attached hydrogens (primary N) is 1. The number of hydrogen-bond donors (Lipinski definition) is 1. The lowest BCUT2D eigenvalue weighted by Gasteiger charge is -2.12. The van der Waals surface area contributed by atoms with Crippen LogP contribution in [0.1, 0.15) is 31.7 Å². The molecule has 0 aromatic heterocycles. The highest BCUT2D eigenvalue weighted by Crippen LogP contribution is 2.32. The standard InChI is InChI=1S/C14H20BrNO/c1-2-12(16)7-11-5-6-14(13(15)8-11)17-9-10-3-4-10/h5-6,8,10,12H,2-4,7,9,16H2,1H3. The predicted octanol–water partition coefficient (Wildman–Crippen LogP) is 3.52. The van der Waals surface area contributed by atoms with Gasteiger partial charge < -0.3 is 10.5 Å². The van der Waals surface area contributed by atoms with Gasteiger partial charge in [0.1, 0.15) is 5.75 Å². The third-order valence-corrected chi connectivity index (χ3v) is 3.81. The van der Waals surface area contributed by atoms with Crippen LogP contribution in [-0.2, 0) is 6.42 Å². The molecule has 1 saturated carbocycles. The average molecular weight is 298 g/mol. The van der Waals surface area contributed by atoms with Crippen molar-refractivity contribution < 1.29 is 4.74 Å². The van der Waals surface area contributed by atoms with Crippen LogP contribution in [0, 0.1) is 5.92 Å². The normalized spacial score (nSPS) is 16.9. The van der Waals surface area contributed by atoms with Crippen LogP contribution in [0.15, 0.2) is 22.7 Å². The van der Waals surface area contributed by atoms with Gasteiger partial charge in [-0.3, -0.25) is 0 Å². The summed E-state index contributed by atoms with van der Waals surface area (Å²) >= 11 is 3.56. The molecule has 0 bridgehead atoms. The van der Waals surface area contributed by atoms with E-state index in [9.17, 15) is 0 Å². The second-order valence-electron chi connectivity index (χ2n) is 4.89. The molecule has 0 heterocycles. The van der Waals surface area contributed by atoms with E-state index in [1.165, 1.54) is 18.4 Å². The quantitative estimate of drug-likeness (QED) is 0.872. The van der Waals surface area contributed by atoms with E-state index in [0.29, 0.717) is 0 Å². The van der Waals surface area contributed by atoms with Crippen molar-refractivity contribution in [1.82, 2.24) is 0 Å². The molecule has 94 valence electrons. The van der Waals surface area contributed by atoms with Gasteiger partial charge in [0, 0.05) is 6.04 Å². The lowest BCUT2D eigenvalue weighted by Crippen LogP contribution is -2.21. The molecule has 3 heteroatoms. The first-order valence-corrected chi connectivity index (χ1v) is 7.15. The Hall–Kier alpha value is -0.540. The average Bonchev–Trinajstić information content (AvgIpc) is 3.12. The molecular weight excluding hydrogens is 278 g/mol. The third-order valence-electron chi connectivity index (χ3n) is 3.19. The van der Waals surface area contributed by atoms with Gasteiger partial charge in [-0.25, -0.2) is 0 Å². The molecule has 0 spiro atoms. The van der Waals surface area contributed by atoms with Crippen molar-refractivity contribution in [3.8, 4) is 5.75 Å². The summed E-state index contributed by atoms with van der Waals surface area (Å²) in [4.78, 5) is 0. The summed E-state index contributed by atoms with van der Waals surface area (Å²) in [5, 5.41) is 0. The van der Waals surface area contributed by atoms with Crippen molar-refractivity contribution in [3.63, 3.8) is 0 Å². The minimum absolute atomic E-state index is 0.250. The number of rotatable bonds is 6. The first kappa shape index (κ1) is 12.9. The van der Waals surface area contributed by atoms with Crippen molar-refractivity contribution in [2.24, 2.45) is 11.7 Å². The smallest absolute Gasteiger partial charge is 0.133 e. The summed E-state index contributed by atoms with van der Waals surface area (Å²) in [5.74, 6) is 1.74. The summed E-state index contributed by atoms with van der Waals surface area (Å²) in [7, 11) is 0. The van der Waals surface area contributed by atoms with Gasteiger partial charge in [0.05, 0.1) is 11.1 Å². The minimum Gasteiger partial charge on any atom is -0.492 e. The van der Waals surface area contributed by atoms with E-state index in [1.807, 2.05) is 6.07 Å². The molecule has 2 rings (SSSR count). The van der Waals surface area contributed by atoms with Crippen LogP contribution in [0.25, 0.3) is 0 Å². The molecule has 2 nitrogen and oxygen atoms in total. The Morgan fingerprint density at radius 3 is 2.82 bits per heavy atom. The fourth-order valence-electron chi connectivity index (χ4n) is 1.73. The fourth-order valence-corrected chi connectivity index (χ4v) is 2.27. The van der Waals surface area contributed by atoms with Gasteiger partial charge in [0.2, 0.25) is 0 Å². The molecule has 0 amide bonds. The molecule has 1 aliphatic carbocycles. The summed E-state index contributed by atoms with van der Waals surface area (Å²) in [6.07, 6.45) is 4.58. The number of benzene rings is 1. The molecule has 0 saturated heterocycles. The lowest BCUT2D eigenvalue weighted by atomic mass is 10.0. The van der Waals surface area contributed by atoms with E-state index in [-0.39, 0.29) is 6.04 Å². The Kier molecular flexibility index (Phi) is 4.46. The largest absolute Gasteiger partial charge is 0.492 e. The molecule has 1 fully saturated rings. The van der Waals surface area contributed by atoms with E-state index < -0.39 is 0 Å². The number of hydrogen-bond acceptors (Lipinski definition) is 2. The van der Waals surface area contributed by atoms with Crippen LogP contribution < -0.4 is 10.5 Å². The molecule has 0 aliphatic heterocycles. The second-order valence-corrected chi connectivity index (χ2v) is 5.75. The Labute approximate surface area is 112 Å². The van der Waals surface area contributed by atoms with Gasteiger partial charge in [-0.05, 0) is 65.2 Å². The first-order chi connectivity index (χ1) is 8.19. The molecule has 0 radical (unpaired) electrons. The zero-order chi connectivity index (χ0) is 12.3. The topological polar surface area (TPSA) is 35.2 Å². The zero-order valence-corrected chi connectivity index (χ0v) is 11.9. The van der Waals surface area contributed by atoms with Crippen LogP contribution >= 0.6 is 15.9 Å². The van der Waals surface area contributed by atoms with Crippen LogP contribution in [0.2, 0.25) is 0 Å². The zero-order valence-electron chi connectivity index (χ0n) is 10.3. The molecule has 2 N–H and O–H groups in total. The molecule has 1 aromatic rings. The Morgan fingerprint density at radius 2 is 2.24 bits per heavy atom. The predicted molar refractivity (Wildman–Crippen MR) is 74.3 cm³/mol. The van der Waals surface area contributed by atoms with Crippen molar-refractivity contribution in [3.05, 3.63) is 28.2 Å². The summed E-state index contributed by atoms with van der Waals surface area (Å²) in [6, 6.07) is 6.53. The maximum absolute atomic E-state index is 5.95. The molecular formula is C14H20BrNO. The summed E-state index contributed by atoms with van der Waals surface area (Å²) in [5.41, 5.74) is 7.22. The van der Waals surface area contributed by atoms with E-state index in [2.05, 4.69) is 35.0 Å². The van der Waals surface area contributed by atoms with Gasteiger partial charge in [-0.15, -0.1) is 0 Å².